The Balaban J connectivity index is 2.14. The number of nitrogens with two attached hydrogens (primary N) is 1. The zero-order chi connectivity index (χ0) is 9.97. The number of thiophene rings is 1. The Labute approximate surface area is 89.5 Å². The molecule has 0 aliphatic carbocycles. The molecular weight excluding hydrogens is 192 g/mol. The molecule has 1 saturated heterocycles. The third-order valence-electron chi connectivity index (χ3n) is 2.96. The zero-order valence-corrected chi connectivity index (χ0v) is 9.44. The molecule has 2 nitrogen and oxygen atoms in total. The minimum absolute atomic E-state index is 0.507. The van der Waals surface area contributed by atoms with Crippen molar-refractivity contribution in [3.63, 3.8) is 0 Å². The lowest BCUT2D eigenvalue weighted by atomic mass is 9.90. The first-order chi connectivity index (χ1) is 6.81. The van der Waals surface area contributed by atoms with Gasteiger partial charge in [0.05, 0.1) is 0 Å². The normalized spacial score (nSPS) is 27.9. The molecule has 3 heteroatoms. The van der Waals surface area contributed by atoms with Crippen LogP contribution in [0.4, 0.5) is 0 Å². The molecule has 1 fully saturated rings. The van der Waals surface area contributed by atoms with Gasteiger partial charge in [-0.15, -0.1) is 11.3 Å². The van der Waals surface area contributed by atoms with Crippen LogP contribution in [0, 0.1) is 12.8 Å². The third kappa shape index (κ3) is 2.00. The van der Waals surface area contributed by atoms with Gasteiger partial charge < -0.3 is 11.1 Å². The number of piperidine rings is 1. The van der Waals surface area contributed by atoms with E-state index in [2.05, 4.69) is 24.4 Å². The molecule has 0 amide bonds. The molecule has 2 heterocycles. The predicted octanol–water partition coefficient (Wildman–Crippen LogP) is 2.06. The van der Waals surface area contributed by atoms with Crippen LogP contribution < -0.4 is 11.1 Å². The molecule has 78 valence electrons. The van der Waals surface area contributed by atoms with E-state index in [-0.39, 0.29) is 0 Å². The summed E-state index contributed by atoms with van der Waals surface area (Å²) in [5.41, 5.74) is 5.80. The smallest absolute Gasteiger partial charge is 0.0455 e. The quantitative estimate of drug-likeness (QED) is 0.784. The van der Waals surface area contributed by atoms with Crippen LogP contribution in [0.25, 0.3) is 0 Å². The first-order valence-electron chi connectivity index (χ1n) is 5.31. The van der Waals surface area contributed by atoms with Gasteiger partial charge in [0.25, 0.3) is 0 Å². The highest BCUT2D eigenvalue weighted by molar-refractivity contribution is 7.12. The van der Waals surface area contributed by atoms with Crippen molar-refractivity contribution in [2.24, 2.45) is 11.7 Å². The molecule has 0 spiro atoms. The van der Waals surface area contributed by atoms with Gasteiger partial charge in [-0.3, -0.25) is 0 Å². The molecule has 2 atom stereocenters. The fourth-order valence-electron chi connectivity index (χ4n) is 2.16. The fourth-order valence-corrected chi connectivity index (χ4v) is 3.21. The number of rotatable bonds is 2. The van der Waals surface area contributed by atoms with Crippen molar-refractivity contribution in [3.8, 4) is 0 Å². The first-order valence-corrected chi connectivity index (χ1v) is 6.12. The summed E-state index contributed by atoms with van der Waals surface area (Å²) in [6.07, 6.45) is 2.54. The summed E-state index contributed by atoms with van der Waals surface area (Å²) < 4.78 is 0. The van der Waals surface area contributed by atoms with Crippen LogP contribution in [0.3, 0.4) is 0 Å². The van der Waals surface area contributed by atoms with Gasteiger partial charge in [-0.1, -0.05) is 0 Å². The molecule has 14 heavy (non-hydrogen) atoms. The minimum Gasteiger partial charge on any atom is -0.330 e. The van der Waals surface area contributed by atoms with Gasteiger partial charge in [0, 0.05) is 15.8 Å². The Bertz CT molecular complexity index is 295. The monoisotopic (exact) mass is 210 g/mol. The van der Waals surface area contributed by atoms with Gasteiger partial charge >= 0.3 is 0 Å². The summed E-state index contributed by atoms with van der Waals surface area (Å²) in [6, 6.07) is 4.95. The molecule has 0 aromatic carbocycles. The highest BCUT2D eigenvalue weighted by Crippen LogP contribution is 2.32. The van der Waals surface area contributed by atoms with E-state index < -0.39 is 0 Å². The van der Waals surface area contributed by atoms with Crippen LogP contribution >= 0.6 is 11.3 Å². The van der Waals surface area contributed by atoms with Gasteiger partial charge in [-0.25, -0.2) is 0 Å². The van der Waals surface area contributed by atoms with Crippen molar-refractivity contribution < 1.29 is 0 Å². The number of nitrogens with one attached hydrogen (secondary N) is 1. The van der Waals surface area contributed by atoms with E-state index in [9.17, 15) is 0 Å². The van der Waals surface area contributed by atoms with Gasteiger partial charge in [-0.2, -0.15) is 0 Å². The second-order valence-corrected chi connectivity index (χ2v) is 5.34. The fraction of sp³-hybridized carbons (Fsp3) is 0.636. The molecule has 0 bridgehead atoms. The van der Waals surface area contributed by atoms with Crippen LogP contribution in [0.2, 0.25) is 0 Å². The first kappa shape index (κ1) is 10.1. The van der Waals surface area contributed by atoms with Crippen molar-refractivity contribution in [2.75, 3.05) is 13.1 Å². The predicted molar refractivity (Wildman–Crippen MR) is 61.6 cm³/mol. The lowest BCUT2D eigenvalue weighted by molar-refractivity contribution is 0.295. The van der Waals surface area contributed by atoms with Crippen LogP contribution in [-0.4, -0.2) is 13.1 Å². The SMILES string of the molecule is Cc1ccc([C@H]2NCCC[C@@H]2CN)s1. The minimum atomic E-state index is 0.507. The molecule has 3 N–H and O–H groups in total. The summed E-state index contributed by atoms with van der Waals surface area (Å²) in [6.45, 7) is 4.10. The maximum atomic E-state index is 5.80. The van der Waals surface area contributed by atoms with E-state index in [1.807, 2.05) is 11.3 Å². The van der Waals surface area contributed by atoms with E-state index in [0.717, 1.165) is 13.1 Å². The van der Waals surface area contributed by atoms with Gasteiger partial charge in [-0.05, 0) is 50.9 Å². The van der Waals surface area contributed by atoms with Crippen molar-refractivity contribution in [1.29, 1.82) is 0 Å². The molecule has 0 unspecified atom stereocenters. The highest BCUT2D eigenvalue weighted by Gasteiger charge is 2.25. The Kier molecular flexibility index (Phi) is 3.21. The van der Waals surface area contributed by atoms with Crippen LogP contribution in [-0.2, 0) is 0 Å². The molecule has 1 aliphatic heterocycles. The number of aryl methyl sites for hydroxylation is 1. The van der Waals surface area contributed by atoms with E-state index >= 15 is 0 Å². The number of hydrogen-bond acceptors (Lipinski definition) is 3. The lowest BCUT2D eigenvalue weighted by Gasteiger charge is -2.31. The van der Waals surface area contributed by atoms with Crippen molar-refractivity contribution in [2.45, 2.75) is 25.8 Å². The molecule has 0 radical (unpaired) electrons. The molecule has 1 aromatic heterocycles. The Hall–Kier alpha value is -0.380. The number of hydrogen-bond donors (Lipinski definition) is 2. The lowest BCUT2D eigenvalue weighted by Crippen LogP contribution is -2.37. The van der Waals surface area contributed by atoms with Gasteiger partial charge in [0.1, 0.15) is 0 Å². The van der Waals surface area contributed by atoms with Gasteiger partial charge in [0.2, 0.25) is 0 Å². The van der Waals surface area contributed by atoms with E-state index in [1.54, 1.807) is 0 Å². The zero-order valence-electron chi connectivity index (χ0n) is 8.62. The summed E-state index contributed by atoms with van der Waals surface area (Å²) in [5, 5.41) is 3.58. The Morgan fingerprint density at radius 2 is 2.43 bits per heavy atom. The summed E-state index contributed by atoms with van der Waals surface area (Å²) in [5.74, 6) is 0.627. The average Bonchev–Trinajstić information content (AvgIpc) is 2.65. The summed E-state index contributed by atoms with van der Waals surface area (Å²) in [4.78, 5) is 2.85. The van der Waals surface area contributed by atoms with E-state index in [4.69, 9.17) is 5.73 Å². The third-order valence-corrected chi connectivity index (χ3v) is 4.04. The second-order valence-electron chi connectivity index (χ2n) is 4.02. The Morgan fingerprint density at radius 3 is 3.07 bits per heavy atom. The summed E-state index contributed by atoms with van der Waals surface area (Å²) in [7, 11) is 0. The van der Waals surface area contributed by atoms with Crippen LogP contribution in [0.1, 0.15) is 28.6 Å². The maximum absolute atomic E-state index is 5.80. The highest BCUT2D eigenvalue weighted by atomic mass is 32.1. The molecule has 2 rings (SSSR count). The standard InChI is InChI=1S/C11H18N2S/c1-8-4-5-10(14-8)11-9(7-12)3-2-6-13-11/h4-5,9,11,13H,2-3,6-7,12H2,1H3/t9-,11+/m1/s1. The molecule has 0 saturated carbocycles. The van der Waals surface area contributed by atoms with Crippen LogP contribution in [0.5, 0.6) is 0 Å². The van der Waals surface area contributed by atoms with Crippen molar-refractivity contribution in [3.05, 3.63) is 21.9 Å². The average molecular weight is 210 g/mol. The maximum Gasteiger partial charge on any atom is 0.0455 e. The second kappa shape index (κ2) is 4.43. The van der Waals surface area contributed by atoms with Gasteiger partial charge in [0.15, 0.2) is 0 Å². The Morgan fingerprint density at radius 1 is 1.57 bits per heavy atom. The molecule has 1 aromatic rings. The summed E-state index contributed by atoms with van der Waals surface area (Å²) >= 11 is 1.90. The van der Waals surface area contributed by atoms with E-state index in [0.29, 0.717) is 12.0 Å². The largest absolute Gasteiger partial charge is 0.330 e. The van der Waals surface area contributed by atoms with Crippen molar-refractivity contribution in [1.82, 2.24) is 5.32 Å². The molecule has 1 aliphatic rings. The topological polar surface area (TPSA) is 38.0 Å². The molecular formula is C11H18N2S. The van der Waals surface area contributed by atoms with Crippen molar-refractivity contribution >= 4 is 11.3 Å². The van der Waals surface area contributed by atoms with E-state index in [1.165, 1.54) is 22.6 Å². The van der Waals surface area contributed by atoms with Crippen LogP contribution in [0.15, 0.2) is 12.1 Å².